The van der Waals surface area contributed by atoms with Crippen LogP contribution in [0.4, 0.5) is 0 Å². The average Bonchev–Trinajstić information content (AvgIpc) is 2.59. The highest BCUT2D eigenvalue weighted by atomic mass is 35.5. The van der Waals surface area contributed by atoms with E-state index in [1.165, 1.54) is 6.07 Å². The maximum atomic E-state index is 12.3. The lowest BCUT2D eigenvalue weighted by molar-refractivity contribution is -0.129. The van der Waals surface area contributed by atoms with Crippen molar-refractivity contribution in [3.05, 3.63) is 64.7 Å². The Morgan fingerprint density at radius 3 is 2.64 bits per heavy atom. The topological polar surface area (TPSA) is 66.8 Å². The number of carbonyl (C=O) groups excluding carboxylic acids is 1. The highest BCUT2D eigenvalue weighted by Crippen LogP contribution is 2.17. The summed E-state index contributed by atoms with van der Waals surface area (Å²) in [6.07, 6.45) is 0.726. The van der Waals surface area contributed by atoms with E-state index in [1.807, 2.05) is 12.1 Å². The van der Waals surface area contributed by atoms with Crippen molar-refractivity contribution in [2.45, 2.75) is 12.8 Å². The van der Waals surface area contributed by atoms with Crippen LogP contribution in [0.2, 0.25) is 5.02 Å². The molecule has 0 spiro atoms. The number of likely N-dealkylation sites (N-methyl/N-ethyl adjacent to an activating group) is 1. The first-order valence-corrected chi connectivity index (χ1v) is 8.28. The van der Waals surface area contributed by atoms with Crippen LogP contribution < -0.4 is 4.74 Å². The lowest BCUT2D eigenvalue weighted by Gasteiger charge is -2.18. The van der Waals surface area contributed by atoms with Gasteiger partial charge in [-0.1, -0.05) is 35.9 Å². The molecule has 1 amide bonds. The fourth-order valence-electron chi connectivity index (χ4n) is 2.35. The number of nitrogens with zero attached hydrogens (tertiary/aromatic N) is 1. The SMILES string of the molecule is CN(CCCOc1cccc(Cl)c1)C(=O)Cc1ccccc1C(=O)O. The van der Waals surface area contributed by atoms with Crippen molar-refractivity contribution < 1.29 is 19.4 Å². The second-order valence-corrected chi connectivity index (χ2v) is 6.05. The molecule has 0 atom stereocenters. The van der Waals surface area contributed by atoms with Crippen LogP contribution in [-0.4, -0.2) is 42.1 Å². The zero-order chi connectivity index (χ0) is 18.2. The zero-order valence-corrected chi connectivity index (χ0v) is 14.7. The third kappa shape index (κ3) is 5.80. The largest absolute Gasteiger partial charge is 0.493 e. The van der Waals surface area contributed by atoms with Gasteiger partial charge in [0.2, 0.25) is 5.91 Å². The third-order valence-corrected chi connectivity index (χ3v) is 3.95. The van der Waals surface area contributed by atoms with Gasteiger partial charge in [0.05, 0.1) is 18.6 Å². The van der Waals surface area contributed by atoms with E-state index >= 15 is 0 Å². The number of amides is 1. The molecule has 0 aliphatic carbocycles. The van der Waals surface area contributed by atoms with E-state index in [1.54, 1.807) is 42.3 Å². The molecule has 2 aromatic rings. The molecule has 0 aromatic heterocycles. The van der Waals surface area contributed by atoms with Gasteiger partial charge in [0.1, 0.15) is 5.75 Å². The first kappa shape index (κ1) is 18.8. The van der Waals surface area contributed by atoms with Gasteiger partial charge in [0.25, 0.3) is 0 Å². The third-order valence-electron chi connectivity index (χ3n) is 3.72. The smallest absolute Gasteiger partial charge is 0.335 e. The second kappa shape index (κ2) is 9.08. The molecular formula is C19H20ClNO4. The molecule has 0 bridgehead atoms. The molecule has 132 valence electrons. The minimum Gasteiger partial charge on any atom is -0.493 e. The summed E-state index contributed by atoms with van der Waals surface area (Å²) in [5, 5.41) is 9.78. The number of ether oxygens (including phenoxy) is 1. The summed E-state index contributed by atoms with van der Waals surface area (Å²) in [5.74, 6) is -0.464. The first-order valence-electron chi connectivity index (χ1n) is 7.91. The van der Waals surface area contributed by atoms with E-state index in [-0.39, 0.29) is 17.9 Å². The maximum Gasteiger partial charge on any atom is 0.335 e. The van der Waals surface area contributed by atoms with Crippen LogP contribution >= 0.6 is 11.6 Å². The van der Waals surface area contributed by atoms with E-state index in [0.717, 1.165) is 0 Å². The number of hydrogen-bond acceptors (Lipinski definition) is 3. The lowest BCUT2D eigenvalue weighted by Crippen LogP contribution is -2.30. The fraction of sp³-hybridized carbons (Fsp3) is 0.263. The van der Waals surface area contributed by atoms with Gasteiger partial charge >= 0.3 is 5.97 Å². The number of aromatic carboxylic acids is 1. The Kier molecular flexibility index (Phi) is 6.83. The van der Waals surface area contributed by atoms with Gasteiger partial charge in [-0.25, -0.2) is 4.79 Å². The Bertz CT molecular complexity index is 748. The van der Waals surface area contributed by atoms with Crippen LogP contribution in [0.5, 0.6) is 5.75 Å². The average molecular weight is 362 g/mol. The monoisotopic (exact) mass is 361 g/mol. The van der Waals surface area contributed by atoms with Crippen molar-refractivity contribution in [2.75, 3.05) is 20.2 Å². The number of hydrogen-bond donors (Lipinski definition) is 1. The van der Waals surface area contributed by atoms with E-state index in [2.05, 4.69) is 0 Å². The molecule has 0 aliphatic rings. The van der Waals surface area contributed by atoms with Gasteiger partial charge in [-0.05, 0) is 36.2 Å². The van der Waals surface area contributed by atoms with Gasteiger partial charge in [0, 0.05) is 18.6 Å². The zero-order valence-electron chi connectivity index (χ0n) is 13.9. The minimum absolute atomic E-state index is 0.0636. The van der Waals surface area contributed by atoms with Gasteiger partial charge in [-0.15, -0.1) is 0 Å². The van der Waals surface area contributed by atoms with Crippen LogP contribution in [0, 0.1) is 0 Å². The number of rotatable bonds is 8. The van der Waals surface area contributed by atoms with Gasteiger partial charge < -0.3 is 14.7 Å². The summed E-state index contributed by atoms with van der Waals surface area (Å²) in [7, 11) is 1.70. The molecule has 0 radical (unpaired) electrons. The standard InChI is InChI=1S/C19H20ClNO4/c1-21(10-5-11-25-16-8-4-7-15(20)13-16)18(22)12-14-6-2-3-9-17(14)19(23)24/h2-4,6-9,13H,5,10-12H2,1H3,(H,23,24). The van der Waals surface area contributed by atoms with Crippen molar-refractivity contribution in [2.24, 2.45) is 0 Å². The fourth-order valence-corrected chi connectivity index (χ4v) is 2.53. The molecule has 2 aromatic carbocycles. The van der Waals surface area contributed by atoms with Gasteiger partial charge in [-0.3, -0.25) is 4.79 Å². The summed E-state index contributed by atoms with van der Waals surface area (Å²) < 4.78 is 5.59. The van der Waals surface area contributed by atoms with Crippen molar-refractivity contribution in [1.29, 1.82) is 0 Å². The minimum atomic E-state index is -1.03. The van der Waals surface area contributed by atoms with Crippen molar-refractivity contribution in [3.63, 3.8) is 0 Å². The molecule has 25 heavy (non-hydrogen) atoms. The molecule has 0 fully saturated rings. The number of carbonyl (C=O) groups is 2. The molecule has 2 rings (SSSR count). The summed E-state index contributed by atoms with van der Waals surface area (Å²) in [6, 6.07) is 13.7. The Morgan fingerprint density at radius 1 is 1.16 bits per heavy atom. The molecule has 5 nitrogen and oxygen atoms in total. The van der Waals surface area contributed by atoms with Gasteiger partial charge in [-0.2, -0.15) is 0 Å². The summed E-state index contributed by atoms with van der Waals surface area (Å²) in [4.78, 5) is 25.0. The quantitative estimate of drug-likeness (QED) is 0.731. The van der Waals surface area contributed by atoms with Crippen LogP contribution in [-0.2, 0) is 11.2 Å². The molecule has 0 aliphatic heterocycles. The Labute approximate surface area is 151 Å². The lowest BCUT2D eigenvalue weighted by atomic mass is 10.0. The second-order valence-electron chi connectivity index (χ2n) is 5.61. The molecule has 0 unspecified atom stereocenters. The van der Waals surface area contributed by atoms with Crippen LogP contribution in [0.3, 0.4) is 0 Å². The molecular weight excluding hydrogens is 342 g/mol. The molecule has 0 heterocycles. The number of carboxylic acids is 1. The molecule has 6 heteroatoms. The summed E-state index contributed by atoms with van der Waals surface area (Å²) in [5.41, 5.74) is 0.676. The molecule has 0 saturated heterocycles. The highest BCUT2D eigenvalue weighted by molar-refractivity contribution is 6.30. The van der Waals surface area contributed by atoms with Crippen LogP contribution in [0.1, 0.15) is 22.3 Å². The summed E-state index contributed by atoms with van der Waals surface area (Å²) in [6.45, 7) is 0.984. The van der Waals surface area contributed by atoms with E-state index in [4.69, 9.17) is 21.4 Å². The predicted octanol–water partition coefficient (Wildman–Crippen LogP) is 3.51. The molecule has 0 saturated carbocycles. The first-order chi connectivity index (χ1) is 12.0. The van der Waals surface area contributed by atoms with Crippen molar-refractivity contribution in [1.82, 2.24) is 4.90 Å². The van der Waals surface area contributed by atoms with E-state index in [0.29, 0.717) is 35.9 Å². The summed E-state index contributed by atoms with van der Waals surface area (Å²) >= 11 is 5.89. The van der Waals surface area contributed by atoms with Crippen molar-refractivity contribution >= 4 is 23.5 Å². The molecule has 1 N–H and O–H groups in total. The highest BCUT2D eigenvalue weighted by Gasteiger charge is 2.15. The van der Waals surface area contributed by atoms with Crippen LogP contribution in [0.25, 0.3) is 0 Å². The van der Waals surface area contributed by atoms with Crippen molar-refractivity contribution in [3.8, 4) is 5.75 Å². The Hall–Kier alpha value is -2.53. The predicted molar refractivity (Wildman–Crippen MR) is 96.3 cm³/mol. The number of halogens is 1. The Balaban J connectivity index is 1.80. The maximum absolute atomic E-state index is 12.3. The number of carboxylic acid groups (broad SMARTS) is 1. The normalized spacial score (nSPS) is 10.3. The van der Waals surface area contributed by atoms with E-state index in [9.17, 15) is 9.59 Å². The van der Waals surface area contributed by atoms with Crippen LogP contribution in [0.15, 0.2) is 48.5 Å². The van der Waals surface area contributed by atoms with E-state index < -0.39 is 5.97 Å². The number of benzene rings is 2. The Morgan fingerprint density at radius 2 is 1.92 bits per heavy atom. The van der Waals surface area contributed by atoms with Gasteiger partial charge in [0.15, 0.2) is 0 Å².